The van der Waals surface area contributed by atoms with Gasteiger partial charge in [0.1, 0.15) is 5.69 Å². The smallest absolute Gasteiger partial charge is 0.348 e. The van der Waals surface area contributed by atoms with Gasteiger partial charge in [-0.2, -0.15) is 4.98 Å². The van der Waals surface area contributed by atoms with Gasteiger partial charge in [-0.1, -0.05) is 19.3 Å². The first-order valence-electron chi connectivity index (χ1n) is 8.86. The van der Waals surface area contributed by atoms with Crippen molar-refractivity contribution in [2.45, 2.75) is 38.6 Å². The Balaban J connectivity index is 1.90. The molecule has 1 aromatic carbocycles. The number of nitro benzene ring substituents is 1. The van der Waals surface area contributed by atoms with Crippen LogP contribution in [0.3, 0.4) is 0 Å². The van der Waals surface area contributed by atoms with E-state index < -0.39 is 4.92 Å². The van der Waals surface area contributed by atoms with Crippen molar-refractivity contribution in [3.8, 4) is 11.5 Å². The Labute approximate surface area is 149 Å². The van der Waals surface area contributed by atoms with Crippen LogP contribution in [0.25, 0.3) is 22.4 Å². The fraction of sp³-hybridized carbons (Fsp3) is 0.368. The van der Waals surface area contributed by atoms with Crippen molar-refractivity contribution in [2.24, 2.45) is 5.92 Å². The number of rotatable bonds is 4. The Hall–Kier alpha value is -2.96. The molecule has 26 heavy (non-hydrogen) atoms. The standard InChI is InChI=1S/C19H19N3O4/c23-19-20-18(17-7-4-10-26-17)15-11-14(22(24)25)8-9-16(15)21(19)12-13-5-2-1-3-6-13/h4,7-11,13H,1-3,5-6,12H2. The largest absolute Gasteiger partial charge is 0.463 e. The topological polar surface area (TPSA) is 91.2 Å². The lowest BCUT2D eigenvalue weighted by molar-refractivity contribution is -0.384. The van der Waals surface area contributed by atoms with Crippen molar-refractivity contribution in [3.05, 3.63) is 57.2 Å². The van der Waals surface area contributed by atoms with E-state index in [1.165, 1.54) is 37.7 Å². The summed E-state index contributed by atoms with van der Waals surface area (Å²) in [5.74, 6) is 0.869. The molecule has 0 atom stereocenters. The molecule has 0 N–H and O–H groups in total. The van der Waals surface area contributed by atoms with Gasteiger partial charge in [-0.05, 0) is 37.0 Å². The lowest BCUT2D eigenvalue weighted by atomic mass is 9.89. The predicted octanol–water partition coefficient (Wildman–Crippen LogP) is 4.15. The van der Waals surface area contributed by atoms with E-state index in [1.807, 2.05) is 0 Å². The minimum atomic E-state index is -0.443. The van der Waals surface area contributed by atoms with E-state index in [-0.39, 0.29) is 11.4 Å². The number of fused-ring (bicyclic) bond motifs is 1. The van der Waals surface area contributed by atoms with Crippen LogP contribution in [-0.4, -0.2) is 14.5 Å². The molecule has 2 aromatic heterocycles. The maximum atomic E-state index is 12.7. The Kier molecular flexibility index (Phi) is 4.28. The first kappa shape index (κ1) is 16.5. The molecule has 3 aromatic rings. The molecule has 0 spiro atoms. The summed E-state index contributed by atoms with van der Waals surface area (Å²) in [4.78, 5) is 27.7. The average molecular weight is 353 g/mol. The molecule has 7 heteroatoms. The summed E-state index contributed by atoms with van der Waals surface area (Å²) in [5.41, 5.74) is 0.629. The number of hydrogen-bond acceptors (Lipinski definition) is 5. The van der Waals surface area contributed by atoms with Crippen LogP contribution in [0, 0.1) is 16.0 Å². The molecule has 1 fully saturated rings. The summed E-state index contributed by atoms with van der Waals surface area (Å²) in [5, 5.41) is 11.8. The molecule has 2 heterocycles. The Morgan fingerprint density at radius 3 is 2.73 bits per heavy atom. The van der Waals surface area contributed by atoms with Gasteiger partial charge in [0.25, 0.3) is 5.69 Å². The molecule has 134 valence electrons. The molecule has 0 unspecified atom stereocenters. The van der Waals surface area contributed by atoms with Gasteiger partial charge in [-0.25, -0.2) is 4.79 Å². The second-order valence-electron chi connectivity index (χ2n) is 6.79. The molecule has 0 aliphatic heterocycles. The maximum absolute atomic E-state index is 12.7. The minimum Gasteiger partial charge on any atom is -0.463 e. The van der Waals surface area contributed by atoms with Gasteiger partial charge < -0.3 is 4.42 Å². The first-order valence-corrected chi connectivity index (χ1v) is 8.86. The molecule has 0 saturated heterocycles. The number of nitro groups is 1. The first-order chi connectivity index (χ1) is 12.6. The van der Waals surface area contributed by atoms with Crippen LogP contribution in [0.1, 0.15) is 32.1 Å². The highest BCUT2D eigenvalue weighted by molar-refractivity contribution is 5.92. The highest BCUT2D eigenvalue weighted by atomic mass is 16.6. The van der Waals surface area contributed by atoms with E-state index in [0.29, 0.717) is 34.8 Å². The summed E-state index contributed by atoms with van der Waals surface area (Å²) in [6.07, 6.45) is 7.30. The molecule has 0 bridgehead atoms. The van der Waals surface area contributed by atoms with Crippen molar-refractivity contribution in [2.75, 3.05) is 0 Å². The molecule has 1 aliphatic carbocycles. The Morgan fingerprint density at radius 2 is 2.04 bits per heavy atom. The normalized spacial score (nSPS) is 15.4. The van der Waals surface area contributed by atoms with Gasteiger partial charge in [0.2, 0.25) is 0 Å². The fourth-order valence-electron chi connectivity index (χ4n) is 3.79. The highest BCUT2D eigenvalue weighted by Gasteiger charge is 2.20. The summed E-state index contributed by atoms with van der Waals surface area (Å²) >= 11 is 0. The lowest BCUT2D eigenvalue weighted by Gasteiger charge is -2.23. The summed E-state index contributed by atoms with van der Waals surface area (Å²) < 4.78 is 7.05. The van der Waals surface area contributed by atoms with Crippen LogP contribution < -0.4 is 5.69 Å². The predicted molar refractivity (Wildman–Crippen MR) is 96.9 cm³/mol. The Morgan fingerprint density at radius 1 is 1.23 bits per heavy atom. The number of aromatic nitrogens is 2. The number of benzene rings is 1. The SMILES string of the molecule is O=c1nc(-c2ccco2)c2cc([N+](=O)[O-])ccc2n1CC1CCCCC1. The summed E-state index contributed by atoms with van der Waals surface area (Å²) in [6, 6.07) is 7.95. The van der Waals surface area contributed by atoms with Gasteiger partial charge in [-0.3, -0.25) is 14.7 Å². The van der Waals surface area contributed by atoms with Crippen LogP contribution in [0.4, 0.5) is 5.69 Å². The monoisotopic (exact) mass is 353 g/mol. The van der Waals surface area contributed by atoms with E-state index in [1.54, 1.807) is 22.8 Å². The number of nitrogens with zero attached hydrogens (tertiary/aromatic N) is 3. The van der Waals surface area contributed by atoms with Crippen molar-refractivity contribution in [3.63, 3.8) is 0 Å². The molecule has 4 rings (SSSR count). The van der Waals surface area contributed by atoms with Crippen LogP contribution >= 0.6 is 0 Å². The van der Waals surface area contributed by atoms with Crippen LogP contribution in [0.5, 0.6) is 0 Å². The number of non-ortho nitro benzene ring substituents is 1. The molecule has 0 amide bonds. The van der Waals surface area contributed by atoms with Gasteiger partial charge in [-0.15, -0.1) is 0 Å². The second kappa shape index (κ2) is 6.74. The van der Waals surface area contributed by atoms with E-state index in [4.69, 9.17) is 4.42 Å². The van der Waals surface area contributed by atoms with E-state index in [9.17, 15) is 14.9 Å². The molecule has 1 saturated carbocycles. The zero-order valence-electron chi connectivity index (χ0n) is 14.3. The van der Waals surface area contributed by atoms with Gasteiger partial charge in [0.05, 0.1) is 16.7 Å². The quantitative estimate of drug-likeness (QED) is 0.519. The third-order valence-corrected chi connectivity index (χ3v) is 5.10. The van der Waals surface area contributed by atoms with Crippen LogP contribution in [-0.2, 0) is 6.54 Å². The van der Waals surface area contributed by atoms with Crippen molar-refractivity contribution in [1.82, 2.24) is 9.55 Å². The second-order valence-corrected chi connectivity index (χ2v) is 6.79. The van der Waals surface area contributed by atoms with Gasteiger partial charge in [0.15, 0.2) is 5.76 Å². The van der Waals surface area contributed by atoms with E-state index >= 15 is 0 Å². The van der Waals surface area contributed by atoms with Crippen molar-refractivity contribution in [1.29, 1.82) is 0 Å². The van der Waals surface area contributed by atoms with E-state index in [0.717, 1.165) is 12.8 Å². The van der Waals surface area contributed by atoms with Crippen LogP contribution in [0.2, 0.25) is 0 Å². The van der Waals surface area contributed by atoms with Crippen LogP contribution in [0.15, 0.2) is 45.8 Å². The molecule has 1 aliphatic rings. The zero-order valence-corrected chi connectivity index (χ0v) is 14.3. The summed E-state index contributed by atoms with van der Waals surface area (Å²) in [7, 11) is 0. The molecular formula is C19H19N3O4. The zero-order chi connectivity index (χ0) is 18.1. The molecule has 0 radical (unpaired) electrons. The third kappa shape index (κ3) is 3.00. The molecular weight excluding hydrogens is 334 g/mol. The van der Waals surface area contributed by atoms with Crippen molar-refractivity contribution >= 4 is 16.6 Å². The van der Waals surface area contributed by atoms with Crippen molar-refractivity contribution < 1.29 is 9.34 Å². The fourth-order valence-corrected chi connectivity index (χ4v) is 3.79. The minimum absolute atomic E-state index is 0.0324. The third-order valence-electron chi connectivity index (χ3n) is 5.10. The van der Waals surface area contributed by atoms with Gasteiger partial charge in [0, 0.05) is 24.1 Å². The number of hydrogen-bond donors (Lipinski definition) is 0. The lowest BCUT2D eigenvalue weighted by Crippen LogP contribution is -2.28. The highest BCUT2D eigenvalue weighted by Crippen LogP contribution is 2.30. The summed E-state index contributed by atoms with van der Waals surface area (Å²) in [6.45, 7) is 0.596. The maximum Gasteiger partial charge on any atom is 0.348 e. The Bertz CT molecular complexity index is 1000. The number of furan rings is 1. The average Bonchev–Trinajstić information content (AvgIpc) is 3.18. The van der Waals surface area contributed by atoms with E-state index in [2.05, 4.69) is 4.98 Å². The van der Waals surface area contributed by atoms with Gasteiger partial charge >= 0.3 is 5.69 Å². The molecule has 7 nitrogen and oxygen atoms in total.